The van der Waals surface area contributed by atoms with E-state index in [-0.39, 0.29) is 11.9 Å². The van der Waals surface area contributed by atoms with Crippen molar-refractivity contribution in [2.24, 2.45) is 0 Å². The van der Waals surface area contributed by atoms with E-state index in [4.69, 9.17) is 0 Å². The van der Waals surface area contributed by atoms with Crippen LogP contribution in [0.15, 0.2) is 60.8 Å². The van der Waals surface area contributed by atoms with Crippen LogP contribution in [-0.4, -0.2) is 10.9 Å². The Bertz CT molecular complexity index is 773. The van der Waals surface area contributed by atoms with Gasteiger partial charge in [0.2, 0.25) is 0 Å². The molecule has 1 atom stereocenters. The summed E-state index contributed by atoms with van der Waals surface area (Å²) in [6, 6.07) is 17.4. The second-order valence-corrected chi connectivity index (χ2v) is 6.78. The predicted molar refractivity (Wildman–Crippen MR) is 98.4 cm³/mol. The first-order valence-electron chi connectivity index (χ1n) is 8.05. The average molecular weight is 336 g/mol. The molecule has 0 aliphatic rings. The van der Waals surface area contributed by atoms with Crippen molar-refractivity contribution in [3.8, 4) is 0 Å². The lowest BCUT2D eigenvalue weighted by molar-refractivity contribution is 0.0946. The minimum atomic E-state index is -0.257. The summed E-state index contributed by atoms with van der Waals surface area (Å²) in [6.07, 6.45) is 2.70. The summed E-state index contributed by atoms with van der Waals surface area (Å²) < 4.78 is 0. The molecule has 0 fully saturated rings. The van der Waals surface area contributed by atoms with E-state index in [0.29, 0.717) is 0 Å². The van der Waals surface area contributed by atoms with Gasteiger partial charge in [-0.2, -0.15) is 0 Å². The highest BCUT2D eigenvalue weighted by Gasteiger charge is 2.20. The molecule has 1 aromatic carbocycles. The highest BCUT2D eigenvalue weighted by Crippen LogP contribution is 2.25. The van der Waals surface area contributed by atoms with Crippen molar-refractivity contribution >= 4 is 17.2 Å². The summed E-state index contributed by atoms with van der Waals surface area (Å²) in [4.78, 5) is 19.2. The Morgan fingerprint density at radius 3 is 2.54 bits per heavy atom. The monoisotopic (exact) mass is 336 g/mol. The lowest BCUT2D eigenvalue weighted by Crippen LogP contribution is -2.29. The Balaban J connectivity index is 1.90. The zero-order valence-corrected chi connectivity index (χ0v) is 14.6. The minimum Gasteiger partial charge on any atom is -0.339 e. The van der Waals surface area contributed by atoms with Gasteiger partial charge in [-0.3, -0.25) is 9.78 Å². The fourth-order valence-electron chi connectivity index (χ4n) is 2.71. The molecule has 4 heteroatoms. The summed E-state index contributed by atoms with van der Waals surface area (Å²) in [7, 11) is 0. The highest BCUT2D eigenvalue weighted by molar-refractivity contribution is 7.14. The second-order valence-electron chi connectivity index (χ2n) is 5.64. The molecule has 0 bridgehead atoms. The molecule has 0 saturated carbocycles. The summed E-state index contributed by atoms with van der Waals surface area (Å²) >= 11 is 1.57. The second kappa shape index (κ2) is 7.41. The van der Waals surface area contributed by atoms with Gasteiger partial charge >= 0.3 is 0 Å². The Morgan fingerprint density at radius 2 is 1.92 bits per heavy atom. The molecule has 0 aliphatic carbocycles. The van der Waals surface area contributed by atoms with Gasteiger partial charge in [0.1, 0.15) is 0 Å². The molecule has 0 spiro atoms. The van der Waals surface area contributed by atoms with Crippen LogP contribution in [0.3, 0.4) is 0 Å². The van der Waals surface area contributed by atoms with E-state index in [1.54, 1.807) is 17.5 Å². The number of amides is 1. The molecule has 24 heavy (non-hydrogen) atoms. The Labute approximate surface area is 146 Å². The number of thiophene rings is 1. The van der Waals surface area contributed by atoms with Crippen LogP contribution in [0.5, 0.6) is 0 Å². The SMILES string of the molecule is CCc1sc(C(=O)NC(c2ccccc2)c2ccccn2)cc1C. The van der Waals surface area contributed by atoms with Crippen molar-refractivity contribution in [1.29, 1.82) is 0 Å². The van der Waals surface area contributed by atoms with Crippen molar-refractivity contribution in [2.75, 3.05) is 0 Å². The summed E-state index contributed by atoms with van der Waals surface area (Å²) in [5, 5.41) is 3.14. The van der Waals surface area contributed by atoms with Crippen LogP contribution in [0.25, 0.3) is 0 Å². The van der Waals surface area contributed by atoms with Gasteiger partial charge in [0.05, 0.1) is 16.6 Å². The molecule has 2 aromatic heterocycles. The van der Waals surface area contributed by atoms with Crippen molar-refractivity contribution in [3.63, 3.8) is 0 Å². The first-order valence-corrected chi connectivity index (χ1v) is 8.86. The van der Waals surface area contributed by atoms with Crippen LogP contribution in [0, 0.1) is 6.92 Å². The van der Waals surface area contributed by atoms with Crippen LogP contribution >= 0.6 is 11.3 Å². The molecule has 122 valence electrons. The maximum absolute atomic E-state index is 12.8. The van der Waals surface area contributed by atoms with Crippen molar-refractivity contribution in [2.45, 2.75) is 26.3 Å². The van der Waals surface area contributed by atoms with E-state index >= 15 is 0 Å². The van der Waals surface area contributed by atoms with E-state index in [1.807, 2.05) is 54.6 Å². The molecule has 3 rings (SSSR count). The maximum atomic E-state index is 12.8. The van der Waals surface area contributed by atoms with Gasteiger partial charge in [-0.15, -0.1) is 11.3 Å². The minimum absolute atomic E-state index is 0.0534. The van der Waals surface area contributed by atoms with Gasteiger partial charge in [-0.25, -0.2) is 0 Å². The topological polar surface area (TPSA) is 42.0 Å². The van der Waals surface area contributed by atoms with Crippen LogP contribution in [0.4, 0.5) is 0 Å². The number of hydrogen-bond donors (Lipinski definition) is 1. The van der Waals surface area contributed by atoms with Crippen LogP contribution in [-0.2, 0) is 6.42 Å². The first kappa shape index (κ1) is 16.4. The molecule has 0 radical (unpaired) electrons. The number of aromatic nitrogens is 1. The summed E-state index contributed by atoms with van der Waals surface area (Å²) in [6.45, 7) is 4.17. The number of rotatable bonds is 5. The van der Waals surface area contributed by atoms with Crippen molar-refractivity contribution < 1.29 is 4.79 Å². The number of carbonyl (C=O) groups is 1. The normalized spacial score (nSPS) is 11.9. The quantitative estimate of drug-likeness (QED) is 0.743. The number of hydrogen-bond acceptors (Lipinski definition) is 3. The van der Waals surface area contributed by atoms with Crippen LogP contribution in [0.2, 0.25) is 0 Å². The smallest absolute Gasteiger partial charge is 0.262 e. The first-order chi connectivity index (χ1) is 11.7. The standard InChI is InChI=1S/C20H20N2OS/c1-3-17-14(2)13-18(24-17)20(23)22-19(15-9-5-4-6-10-15)16-11-7-8-12-21-16/h4-13,19H,3H2,1-2H3,(H,22,23). The van der Waals surface area contributed by atoms with Gasteiger partial charge in [-0.05, 0) is 42.7 Å². The third kappa shape index (κ3) is 3.54. The van der Waals surface area contributed by atoms with Crippen molar-refractivity contribution in [3.05, 3.63) is 87.4 Å². The molecule has 0 aliphatic heterocycles. The third-order valence-corrected chi connectivity index (χ3v) is 5.34. The lowest BCUT2D eigenvalue weighted by atomic mass is 10.0. The number of nitrogens with one attached hydrogen (secondary N) is 1. The number of pyridine rings is 1. The van der Waals surface area contributed by atoms with E-state index in [2.05, 4.69) is 24.1 Å². The van der Waals surface area contributed by atoms with Crippen LogP contribution < -0.4 is 5.32 Å². The molecule has 0 saturated heterocycles. The lowest BCUT2D eigenvalue weighted by Gasteiger charge is -2.18. The Morgan fingerprint density at radius 1 is 1.17 bits per heavy atom. The number of benzene rings is 1. The van der Waals surface area contributed by atoms with E-state index in [0.717, 1.165) is 22.6 Å². The molecule has 1 unspecified atom stereocenters. The van der Waals surface area contributed by atoms with E-state index < -0.39 is 0 Å². The zero-order chi connectivity index (χ0) is 16.9. The Kier molecular flexibility index (Phi) is 5.06. The van der Waals surface area contributed by atoms with Crippen LogP contribution in [0.1, 0.15) is 44.3 Å². The number of aryl methyl sites for hydroxylation is 2. The fraction of sp³-hybridized carbons (Fsp3) is 0.200. The molecular weight excluding hydrogens is 316 g/mol. The van der Waals surface area contributed by atoms with Gasteiger partial charge in [-0.1, -0.05) is 43.3 Å². The van der Waals surface area contributed by atoms with Gasteiger partial charge in [0, 0.05) is 11.1 Å². The van der Waals surface area contributed by atoms with Crippen molar-refractivity contribution in [1.82, 2.24) is 10.3 Å². The maximum Gasteiger partial charge on any atom is 0.262 e. The van der Waals surface area contributed by atoms with E-state index in [1.165, 1.54) is 10.4 Å². The predicted octanol–water partition coefficient (Wildman–Crippen LogP) is 4.53. The molecule has 1 N–H and O–H groups in total. The zero-order valence-electron chi connectivity index (χ0n) is 13.8. The molecular formula is C20H20N2OS. The molecule has 3 nitrogen and oxygen atoms in total. The molecule has 1 amide bonds. The Hall–Kier alpha value is -2.46. The number of carbonyl (C=O) groups excluding carboxylic acids is 1. The summed E-state index contributed by atoms with van der Waals surface area (Å²) in [5.74, 6) is -0.0534. The van der Waals surface area contributed by atoms with Gasteiger partial charge in [0.25, 0.3) is 5.91 Å². The highest BCUT2D eigenvalue weighted by atomic mass is 32.1. The van der Waals surface area contributed by atoms with E-state index in [9.17, 15) is 4.79 Å². The van der Waals surface area contributed by atoms with Gasteiger partial charge in [0.15, 0.2) is 0 Å². The average Bonchev–Trinajstić information content (AvgIpc) is 3.02. The number of nitrogens with zero attached hydrogens (tertiary/aromatic N) is 1. The van der Waals surface area contributed by atoms with Gasteiger partial charge < -0.3 is 5.32 Å². The third-order valence-electron chi connectivity index (χ3n) is 3.96. The molecule has 2 heterocycles. The fourth-order valence-corrected chi connectivity index (χ4v) is 3.72. The summed E-state index contributed by atoms with van der Waals surface area (Å²) in [5.41, 5.74) is 3.04. The molecule has 3 aromatic rings. The largest absolute Gasteiger partial charge is 0.339 e.